The molecule has 2 aromatic carbocycles. The first-order chi connectivity index (χ1) is 14.2. The number of nitro benzene ring substituents is 1. The van der Waals surface area contributed by atoms with Crippen LogP contribution in [-0.4, -0.2) is 9.91 Å². The number of nitro groups is 1. The maximum absolute atomic E-state index is 11.6. The Hall–Kier alpha value is -3.71. The van der Waals surface area contributed by atoms with E-state index in [1.54, 1.807) is 36.7 Å². The lowest BCUT2D eigenvalue weighted by atomic mass is 10.1. The number of hydrogen-bond acceptors (Lipinski definition) is 6. The van der Waals surface area contributed by atoms with E-state index in [0.717, 1.165) is 16.9 Å². The van der Waals surface area contributed by atoms with E-state index in [0.29, 0.717) is 36.3 Å². The van der Waals surface area contributed by atoms with Gasteiger partial charge in [0.15, 0.2) is 0 Å². The van der Waals surface area contributed by atoms with Gasteiger partial charge in [0.1, 0.15) is 18.1 Å². The Morgan fingerprint density at radius 2 is 1.93 bits per heavy atom. The van der Waals surface area contributed by atoms with Crippen LogP contribution in [0, 0.1) is 10.1 Å². The van der Waals surface area contributed by atoms with Crippen LogP contribution < -0.4 is 5.32 Å². The maximum Gasteiger partial charge on any atom is 0.301 e. The highest BCUT2D eigenvalue weighted by molar-refractivity contribution is 5.94. The Morgan fingerprint density at radius 1 is 1.03 bits per heavy atom. The van der Waals surface area contributed by atoms with E-state index in [-0.39, 0.29) is 10.6 Å². The summed E-state index contributed by atoms with van der Waals surface area (Å²) in [7, 11) is 0. The molecule has 2 heterocycles. The lowest BCUT2D eigenvalue weighted by molar-refractivity contribution is -0.382. The molecule has 7 heteroatoms. The molecule has 0 bridgehead atoms. The minimum absolute atomic E-state index is 0.0357. The summed E-state index contributed by atoms with van der Waals surface area (Å²) in [6.45, 7) is 1.32. The molecule has 4 aromatic rings. The molecular formula is C22H19N3O4. The van der Waals surface area contributed by atoms with Gasteiger partial charge in [0.05, 0.1) is 28.7 Å². The number of anilines is 1. The van der Waals surface area contributed by atoms with E-state index in [9.17, 15) is 10.1 Å². The quantitative estimate of drug-likeness (QED) is 0.334. The topological polar surface area (TPSA) is 90.4 Å². The third-order valence-corrected chi connectivity index (χ3v) is 4.51. The van der Waals surface area contributed by atoms with E-state index in [2.05, 4.69) is 10.3 Å². The molecule has 1 N–H and O–H groups in total. The third-order valence-electron chi connectivity index (χ3n) is 4.51. The highest BCUT2D eigenvalue weighted by Crippen LogP contribution is 2.32. The number of fused-ring (bicyclic) bond motifs is 1. The van der Waals surface area contributed by atoms with Gasteiger partial charge in [0.25, 0.3) is 0 Å². The van der Waals surface area contributed by atoms with E-state index in [1.165, 1.54) is 0 Å². The number of rotatable bonds is 8. The van der Waals surface area contributed by atoms with Crippen LogP contribution in [0.1, 0.15) is 16.9 Å². The summed E-state index contributed by atoms with van der Waals surface area (Å²) in [5, 5.41) is 15.3. The van der Waals surface area contributed by atoms with Gasteiger partial charge in [-0.25, -0.2) is 0 Å². The van der Waals surface area contributed by atoms with Crippen molar-refractivity contribution in [2.75, 3.05) is 5.32 Å². The van der Waals surface area contributed by atoms with Gasteiger partial charge in [0.2, 0.25) is 0 Å². The predicted molar refractivity (Wildman–Crippen MR) is 109 cm³/mol. The van der Waals surface area contributed by atoms with Crippen LogP contribution in [0.3, 0.4) is 0 Å². The number of pyridine rings is 1. The molecule has 29 heavy (non-hydrogen) atoms. The monoisotopic (exact) mass is 389 g/mol. The summed E-state index contributed by atoms with van der Waals surface area (Å²) in [5.74, 6) is 0.779. The predicted octanol–water partition coefficient (Wildman–Crippen LogP) is 5.06. The average Bonchev–Trinajstić information content (AvgIpc) is 3.25. The smallest absolute Gasteiger partial charge is 0.301 e. The van der Waals surface area contributed by atoms with Crippen molar-refractivity contribution in [3.63, 3.8) is 0 Å². The molecule has 0 atom stereocenters. The van der Waals surface area contributed by atoms with E-state index in [1.807, 2.05) is 36.4 Å². The Bertz CT molecular complexity index is 1130. The van der Waals surface area contributed by atoms with E-state index in [4.69, 9.17) is 9.15 Å². The molecule has 0 aliphatic rings. The maximum atomic E-state index is 11.6. The van der Waals surface area contributed by atoms with E-state index < -0.39 is 0 Å². The molecule has 0 aliphatic heterocycles. The molecule has 0 amide bonds. The molecule has 0 unspecified atom stereocenters. The fourth-order valence-corrected chi connectivity index (χ4v) is 3.17. The van der Waals surface area contributed by atoms with Crippen molar-refractivity contribution in [2.24, 2.45) is 0 Å². The number of furan rings is 1. The van der Waals surface area contributed by atoms with Crippen LogP contribution in [-0.2, 0) is 24.5 Å². The number of benzene rings is 2. The molecule has 146 valence electrons. The van der Waals surface area contributed by atoms with Crippen LogP contribution in [0.15, 0.2) is 77.5 Å². The standard InChI is InChI=1S/C22H19N3O4/c26-25(27)22-19-7-2-10-23-20(19)8-9-21(22)24-13-16-4-1-5-17(12-16)14-28-15-18-6-3-11-29-18/h1-12,24H,13-15H2. The Labute approximate surface area is 167 Å². The van der Waals surface area contributed by atoms with Crippen molar-refractivity contribution in [3.05, 3.63) is 100 Å². The van der Waals surface area contributed by atoms with Gasteiger partial charge in [0, 0.05) is 12.7 Å². The van der Waals surface area contributed by atoms with Crippen molar-refractivity contribution in [3.8, 4) is 0 Å². The fourth-order valence-electron chi connectivity index (χ4n) is 3.17. The number of hydrogen-bond donors (Lipinski definition) is 1. The Morgan fingerprint density at radius 3 is 2.76 bits per heavy atom. The molecule has 0 spiro atoms. The van der Waals surface area contributed by atoms with Gasteiger partial charge in [-0.2, -0.15) is 0 Å². The van der Waals surface area contributed by atoms with Crippen LogP contribution in [0.25, 0.3) is 10.9 Å². The van der Waals surface area contributed by atoms with Gasteiger partial charge in [-0.1, -0.05) is 24.3 Å². The van der Waals surface area contributed by atoms with Crippen molar-refractivity contribution in [2.45, 2.75) is 19.8 Å². The molecule has 0 saturated carbocycles. The second kappa shape index (κ2) is 8.53. The number of nitrogens with one attached hydrogen (secondary N) is 1. The Balaban J connectivity index is 1.45. The number of nitrogens with zero attached hydrogens (tertiary/aromatic N) is 2. The summed E-state index contributed by atoms with van der Waals surface area (Å²) in [6.07, 6.45) is 3.24. The largest absolute Gasteiger partial charge is 0.467 e. The van der Waals surface area contributed by atoms with Gasteiger partial charge in [-0.05, 0) is 47.5 Å². The van der Waals surface area contributed by atoms with Crippen LogP contribution in [0.2, 0.25) is 0 Å². The molecule has 0 saturated heterocycles. The second-order valence-electron chi connectivity index (χ2n) is 6.53. The van der Waals surface area contributed by atoms with Crippen LogP contribution >= 0.6 is 0 Å². The molecule has 7 nitrogen and oxygen atoms in total. The summed E-state index contributed by atoms with van der Waals surface area (Å²) >= 11 is 0. The summed E-state index contributed by atoms with van der Waals surface area (Å²) in [4.78, 5) is 15.5. The normalized spacial score (nSPS) is 10.9. The number of aromatic nitrogens is 1. The zero-order chi connectivity index (χ0) is 20.1. The van der Waals surface area contributed by atoms with E-state index >= 15 is 0 Å². The highest BCUT2D eigenvalue weighted by atomic mass is 16.6. The van der Waals surface area contributed by atoms with Gasteiger partial charge in [-0.15, -0.1) is 0 Å². The summed E-state index contributed by atoms with van der Waals surface area (Å²) < 4.78 is 10.9. The minimum atomic E-state index is -0.370. The Kier molecular flexibility index (Phi) is 5.49. The fraction of sp³-hybridized carbons (Fsp3) is 0.136. The third kappa shape index (κ3) is 4.41. The molecular weight excluding hydrogens is 370 g/mol. The van der Waals surface area contributed by atoms with Crippen LogP contribution in [0.4, 0.5) is 11.4 Å². The molecule has 0 aliphatic carbocycles. The van der Waals surface area contributed by atoms with Gasteiger partial charge in [-0.3, -0.25) is 15.1 Å². The average molecular weight is 389 g/mol. The van der Waals surface area contributed by atoms with Crippen molar-refractivity contribution < 1.29 is 14.1 Å². The number of ether oxygens (including phenoxy) is 1. The SMILES string of the molecule is O=[N+]([O-])c1c(NCc2cccc(COCc3ccco3)c2)ccc2ncccc12. The van der Waals surface area contributed by atoms with Crippen LogP contribution in [0.5, 0.6) is 0 Å². The van der Waals surface area contributed by atoms with Gasteiger partial charge >= 0.3 is 5.69 Å². The summed E-state index contributed by atoms with van der Waals surface area (Å²) in [5.41, 5.74) is 3.13. The lowest BCUT2D eigenvalue weighted by Gasteiger charge is -2.10. The molecule has 2 aromatic heterocycles. The first-order valence-corrected chi connectivity index (χ1v) is 9.14. The lowest BCUT2D eigenvalue weighted by Crippen LogP contribution is -2.04. The first kappa shape index (κ1) is 18.6. The second-order valence-corrected chi connectivity index (χ2v) is 6.53. The molecule has 4 rings (SSSR count). The van der Waals surface area contributed by atoms with Crippen molar-refractivity contribution in [1.82, 2.24) is 4.98 Å². The minimum Gasteiger partial charge on any atom is -0.467 e. The highest BCUT2D eigenvalue weighted by Gasteiger charge is 2.18. The zero-order valence-corrected chi connectivity index (χ0v) is 15.6. The van der Waals surface area contributed by atoms with Crippen molar-refractivity contribution in [1.29, 1.82) is 0 Å². The molecule has 0 radical (unpaired) electrons. The van der Waals surface area contributed by atoms with Gasteiger partial charge < -0.3 is 14.5 Å². The first-order valence-electron chi connectivity index (χ1n) is 9.14. The van der Waals surface area contributed by atoms with Crippen molar-refractivity contribution >= 4 is 22.3 Å². The zero-order valence-electron chi connectivity index (χ0n) is 15.6. The summed E-state index contributed by atoms with van der Waals surface area (Å²) in [6, 6.07) is 18.5. The molecule has 0 fully saturated rings.